The van der Waals surface area contributed by atoms with E-state index in [4.69, 9.17) is 9.47 Å². The van der Waals surface area contributed by atoms with Crippen molar-refractivity contribution in [2.75, 3.05) is 26.4 Å². The standard InChI is InChI=1S/C17H23NO3/c1-12-16-10-15(21-11-13-5-8-20-9-6-13)3-2-14(16)4-7-18-17(12)19/h2-3,10,12-13H,4-9,11H2,1H3,(H,18,19). The lowest BCUT2D eigenvalue weighted by Gasteiger charge is -2.22. The summed E-state index contributed by atoms with van der Waals surface area (Å²) in [6.07, 6.45) is 3.04. The molecule has 1 amide bonds. The van der Waals surface area contributed by atoms with Crippen LogP contribution in [0.25, 0.3) is 0 Å². The van der Waals surface area contributed by atoms with Gasteiger partial charge in [-0.05, 0) is 55.4 Å². The Labute approximate surface area is 125 Å². The second-order valence-corrected chi connectivity index (χ2v) is 5.99. The van der Waals surface area contributed by atoms with Gasteiger partial charge in [-0.15, -0.1) is 0 Å². The van der Waals surface area contributed by atoms with Crippen molar-refractivity contribution in [1.82, 2.24) is 5.32 Å². The van der Waals surface area contributed by atoms with Gasteiger partial charge in [-0.1, -0.05) is 6.07 Å². The second kappa shape index (κ2) is 6.48. The molecule has 4 nitrogen and oxygen atoms in total. The predicted molar refractivity (Wildman–Crippen MR) is 80.6 cm³/mol. The largest absolute Gasteiger partial charge is 0.493 e. The number of benzene rings is 1. The van der Waals surface area contributed by atoms with E-state index in [1.165, 1.54) is 5.56 Å². The summed E-state index contributed by atoms with van der Waals surface area (Å²) in [7, 11) is 0. The Kier molecular flexibility index (Phi) is 4.44. The minimum absolute atomic E-state index is 0.103. The lowest BCUT2D eigenvalue weighted by atomic mass is 9.94. The highest BCUT2D eigenvalue weighted by Gasteiger charge is 2.22. The zero-order valence-corrected chi connectivity index (χ0v) is 12.6. The fourth-order valence-electron chi connectivity index (χ4n) is 3.04. The summed E-state index contributed by atoms with van der Waals surface area (Å²) in [5.41, 5.74) is 2.36. The minimum atomic E-state index is -0.103. The summed E-state index contributed by atoms with van der Waals surface area (Å²) in [4.78, 5) is 11.9. The van der Waals surface area contributed by atoms with Crippen LogP contribution < -0.4 is 10.1 Å². The summed E-state index contributed by atoms with van der Waals surface area (Å²) in [6, 6.07) is 6.18. The molecule has 1 aromatic rings. The van der Waals surface area contributed by atoms with Crippen LogP contribution in [0.4, 0.5) is 0 Å². The number of fused-ring (bicyclic) bond motifs is 1. The molecule has 114 valence electrons. The average molecular weight is 289 g/mol. The van der Waals surface area contributed by atoms with Crippen LogP contribution in [0.3, 0.4) is 0 Å². The van der Waals surface area contributed by atoms with Gasteiger partial charge >= 0.3 is 0 Å². The van der Waals surface area contributed by atoms with Gasteiger partial charge in [0.05, 0.1) is 12.5 Å². The molecule has 1 N–H and O–H groups in total. The van der Waals surface area contributed by atoms with E-state index in [1.807, 2.05) is 19.1 Å². The molecule has 0 saturated carbocycles. The number of ether oxygens (including phenoxy) is 2. The van der Waals surface area contributed by atoms with Gasteiger partial charge in [0, 0.05) is 19.8 Å². The first-order chi connectivity index (χ1) is 10.2. The Hall–Kier alpha value is -1.55. The van der Waals surface area contributed by atoms with Crippen LogP contribution in [-0.4, -0.2) is 32.3 Å². The second-order valence-electron chi connectivity index (χ2n) is 5.99. The molecule has 0 aromatic heterocycles. The first-order valence-corrected chi connectivity index (χ1v) is 7.85. The molecule has 21 heavy (non-hydrogen) atoms. The molecule has 1 atom stereocenters. The van der Waals surface area contributed by atoms with E-state index >= 15 is 0 Å². The summed E-state index contributed by atoms with van der Waals surface area (Å²) in [6.45, 7) is 5.10. The molecule has 0 aliphatic carbocycles. The number of carbonyl (C=O) groups is 1. The van der Waals surface area contributed by atoms with E-state index in [0.717, 1.165) is 56.9 Å². The van der Waals surface area contributed by atoms with Gasteiger partial charge in [-0.2, -0.15) is 0 Å². The molecule has 0 radical (unpaired) electrons. The molecule has 1 unspecified atom stereocenters. The SMILES string of the molecule is CC1C(=O)NCCc2ccc(OCC3CCOCC3)cc21. The fourth-order valence-corrected chi connectivity index (χ4v) is 3.04. The third-order valence-corrected chi connectivity index (χ3v) is 4.50. The number of hydrogen-bond donors (Lipinski definition) is 1. The maximum atomic E-state index is 11.9. The van der Waals surface area contributed by atoms with Crippen molar-refractivity contribution < 1.29 is 14.3 Å². The van der Waals surface area contributed by atoms with Crippen LogP contribution in [0, 0.1) is 5.92 Å². The Morgan fingerprint density at radius 2 is 2.14 bits per heavy atom. The molecule has 4 heteroatoms. The van der Waals surface area contributed by atoms with Crippen molar-refractivity contribution in [2.24, 2.45) is 5.92 Å². The number of rotatable bonds is 3. The van der Waals surface area contributed by atoms with Gasteiger partial charge in [-0.25, -0.2) is 0 Å². The monoisotopic (exact) mass is 289 g/mol. The molecule has 0 bridgehead atoms. The molecular weight excluding hydrogens is 266 g/mol. The third kappa shape index (κ3) is 3.38. The lowest BCUT2D eigenvalue weighted by molar-refractivity contribution is -0.121. The van der Waals surface area contributed by atoms with Crippen molar-refractivity contribution in [3.8, 4) is 5.75 Å². The zero-order chi connectivity index (χ0) is 14.7. The Morgan fingerprint density at radius 1 is 1.33 bits per heavy atom. The maximum Gasteiger partial charge on any atom is 0.227 e. The van der Waals surface area contributed by atoms with Gasteiger partial charge < -0.3 is 14.8 Å². The molecule has 0 spiro atoms. The van der Waals surface area contributed by atoms with E-state index in [0.29, 0.717) is 5.92 Å². The van der Waals surface area contributed by atoms with Crippen LogP contribution in [0.5, 0.6) is 5.75 Å². The summed E-state index contributed by atoms with van der Waals surface area (Å²) >= 11 is 0. The van der Waals surface area contributed by atoms with Crippen LogP contribution in [0.2, 0.25) is 0 Å². The number of carbonyl (C=O) groups excluding carboxylic acids is 1. The third-order valence-electron chi connectivity index (χ3n) is 4.50. The fraction of sp³-hybridized carbons (Fsp3) is 0.588. The predicted octanol–water partition coefficient (Wildman–Crippen LogP) is 2.27. The van der Waals surface area contributed by atoms with Gasteiger partial charge in [-0.3, -0.25) is 4.79 Å². The quantitative estimate of drug-likeness (QED) is 0.928. The molecule has 3 rings (SSSR count). The maximum absolute atomic E-state index is 11.9. The highest BCUT2D eigenvalue weighted by atomic mass is 16.5. The summed E-state index contributed by atoms with van der Waals surface area (Å²) in [5.74, 6) is 1.46. The molecule has 1 saturated heterocycles. The number of nitrogens with one attached hydrogen (secondary N) is 1. The van der Waals surface area contributed by atoms with Crippen molar-refractivity contribution in [3.63, 3.8) is 0 Å². The van der Waals surface area contributed by atoms with Crippen LogP contribution in [0.15, 0.2) is 18.2 Å². The van der Waals surface area contributed by atoms with Crippen molar-refractivity contribution >= 4 is 5.91 Å². The van der Waals surface area contributed by atoms with Gasteiger partial charge in [0.1, 0.15) is 5.75 Å². The van der Waals surface area contributed by atoms with Crippen molar-refractivity contribution in [2.45, 2.75) is 32.1 Å². The lowest BCUT2D eigenvalue weighted by Crippen LogP contribution is -2.26. The molecule has 1 fully saturated rings. The van der Waals surface area contributed by atoms with E-state index in [1.54, 1.807) is 0 Å². The highest BCUT2D eigenvalue weighted by Crippen LogP contribution is 2.28. The minimum Gasteiger partial charge on any atom is -0.493 e. The van der Waals surface area contributed by atoms with Crippen LogP contribution in [0.1, 0.15) is 36.8 Å². The topological polar surface area (TPSA) is 47.6 Å². The average Bonchev–Trinajstić information content (AvgIpc) is 2.66. The van der Waals surface area contributed by atoms with Crippen molar-refractivity contribution in [3.05, 3.63) is 29.3 Å². The van der Waals surface area contributed by atoms with Crippen molar-refractivity contribution in [1.29, 1.82) is 0 Å². The number of hydrogen-bond acceptors (Lipinski definition) is 3. The van der Waals surface area contributed by atoms with Gasteiger partial charge in [0.25, 0.3) is 0 Å². The highest BCUT2D eigenvalue weighted by molar-refractivity contribution is 5.84. The summed E-state index contributed by atoms with van der Waals surface area (Å²) in [5, 5.41) is 2.95. The molecule has 1 aromatic carbocycles. The van der Waals surface area contributed by atoms with Crippen LogP contribution >= 0.6 is 0 Å². The zero-order valence-electron chi connectivity index (χ0n) is 12.6. The summed E-state index contributed by atoms with van der Waals surface area (Å²) < 4.78 is 11.3. The number of amides is 1. The smallest absolute Gasteiger partial charge is 0.227 e. The van der Waals surface area contributed by atoms with E-state index in [-0.39, 0.29) is 11.8 Å². The Bertz CT molecular complexity index is 509. The van der Waals surface area contributed by atoms with Gasteiger partial charge in [0.15, 0.2) is 0 Å². The Balaban J connectivity index is 1.69. The molecule has 2 aliphatic rings. The van der Waals surface area contributed by atoms with Gasteiger partial charge in [0.2, 0.25) is 5.91 Å². The van der Waals surface area contributed by atoms with Crippen LogP contribution in [-0.2, 0) is 16.0 Å². The Morgan fingerprint density at radius 3 is 2.95 bits per heavy atom. The first kappa shape index (κ1) is 14.4. The molecule has 2 aliphatic heterocycles. The first-order valence-electron chi connectivity index (χ1n) is 7.85. The van der Waals surface area contributed by atoms with E-state index in [2.05, 4.69) is 11.4 Å². The van der Waals surface area contributed by atoms with E-state index < -0.39 is 0 Å². The molecular formula is C17H23NO3. The normalized spacial score (nSPS) is 23.1. The molecule has 2 heterocycles. The van der Waals surface area contributed by atoms with E-state index in [9.17, 15) is 4.79 Å².